The van der Waals surface area contributed by atoms with Crippen LogP contribution >= 0.6 is 0 Å². The van der Waals surface area contributed by atoms with Gasteiger partial charge in [-0.2, -0.15) is 0 Å². The van der Waals surface area contributed by atoms with Gasteiger partial charge in [-0.1, -0.05) is 206 Å². The quantitative estimate of drug-likeness (QED) is 0.107. The Kier molecular flexibility index (Phi) is 9.23. The van der Waals surface area contributed by atoms with Crippen LogP contribution < -0.4 is 20.7 Å². The molecule has 0 amide bonds. The Morgan fingerprint density at radius 2 is 0.714 bits per heavy atom. The summed E-state index contributed by atoms with van der Waals surface area (Å²) in [7, 11) is -2.79. The van der Waals surface area contributed by atoms with E-state index in [-0.39, 0.29) is 0 Å². The molecule has 0 aliphatic rings. The zero-order valence-electron chi connectivity index (χ0n) is 38.3. The fourth-order valence-electron chi connectivity index (χ4n) is 11.9. The standard InChI is InChI=1S/C66H45N3Si/c1-5-22-47(23-6-1)68-59-37-16-13-32-54(59)56-36-20-35-53(66(56)68)46-42-43-62-58(44-46)55-33-14-17-38-60(55)69(62)64-41-21-40-63-65(64)57-34-15-18-39-61(57)67(63)48-24-19-31-52(45-48)70(49-25-7-2-8-26-49,50-27-9-3-10-28-50)51-29-11-4-12-30-51/h1-45H. The van der Waals surface area contributed by atoms with E-state index in [0.717, 1.165) is 17.1 Å². The highest BCUT2D eigenvalue weighted by atomic mass is 28.3. The van der Waals surface area contributed by atoms with E-state index in [4.69, 9.17) is 0 Å². The van der Waals surface area contributed by atoms with E-state index in [1.807, 2.05) is 0 Å². The molecule has 0 aliphatic heterocycles. The largest absolute Gasteiger partial charge is 0.309 e. The summed E-state index contributed by atoms with van der Waals surface area (Å²) < 4.78 is 7.44. The summed E-state index contributed by atoms with van der Waals surface area (Å²) in [6.07, 6.45) is 0. The van der Waals surface area contributed by atoms with Crippen LogP contribution in [0.1, 0.15) is 0 Å². The molecule has 0 atom stereocenters. The van der Waals surface area contributed by atoms with E-state index in [0.29, 0.717) is 0 Å². The molecule has 11 aromatic carbocycles. The smallest absolute Gasteiger partial charge is 0.179 e. The van der Waals surface area contributed by atoms with Crippen molar-refractivity contribution in [3.05, 3.63) is 273 Å². The van der Waals surface area contributed by atoms with Crippen molar-refractivity contribution in [3.8, 4) is 28.2 Å². The normalized spacial score (nSPS) is 12.0. The Morgan fingerprint density at radius 3 is 1.37 bits per heavy atom. The molecular formula is C66H45N3Si. The Bertz CT molecular complexity index is 4180. The number of benzene rings is 11. The van der Waals surface area contributed by atoms with Crippen molar-refractivity contribution in [3.63, 3.8) is 0 Å². The molecule has 0 fully saturated rings. The van der Waals surface area contributed by atoms with Crippen molar-refractivity contribution in [2.45, 2.75) is 0 Å². The molecule has 328 valence electrons. The molecule has 4 heteroatoms. The van der Waals surface area contributed by atoms with Crippen molar-refractivity contribution < 1.29 is 0 Å². The third-order valence-electron chi connectivity index (χ3n) is 14.8. The SMILES string of the molecule is c1ccc(-n2c3ccccc3c3cccc(-c4ccc5c(c4)c4ccccc4n5-c4cccc5c4c4ccccc4n5-c4cccc([Si](c5ccccc5)(c5ccccc5)c5ccccc5)c4)c32)cc1. The molecule has 3 aromatic heterocycles. The van der Waals surface area contributed by atoms with Crippen LogP contribution in [0.5, 0.6) is 0 Å². The molecule has 0 radical (unpaired) electrons. The molecule has 0 bridgehead atoms. The van der Waals surface area contributed by atoms with Crippen LogP contribution in [0, 0.1) is 0 Å². The number of hydrogen-bond acceptors (Lipinski definition) is 0. The molecule has 0 spiro atoms. The number of nitrogens with zero attached hydrogens (tertiary/aromatic N) is 3. The minimum atomic E-state index is -2.79. The highest BCUT2D eigenvalue weighted by molar-refractivity contribution is 7.19. The monoisotopic (exact) mass is 907 g/mol. The summed E-state index contributed by atoms with van der Waals surface area (Å²) in [6.45, 7) is 0. The fraction of sp³-hybridized carbons (Fsp3) is 0. The van der Waals surface area contributed by atoms with Crippen LogP contribution in [0.3, 0.4) is 0 Å². The lowest BCUT2D eigenvalue weighted by Crippen LogP contribution is -2.74. The molecule has 3 nitrogen and oxygen atoms in total. The Balaban J connectivity index is 0.992. The van der Waals surface area contributed by atoms with Crippen molar-refractivity contribution in [2.24, 2.45) is 0 Å². The molecule has 14 rings (SSSR count). The third kappa shape index (κ3) is 5.94. The number of para-hydroxylation sites is 5. The van der Waals surface area contributed by atoms with Gasteiger partial charge in [0.1, 0.15) is 0 Å². The van der Waals surface area contributed by atoms with Crippen LogP contribution in [-0.2, 0) is 0 Å². The lowest BCUT2D eigenvalue weighted by Gasteiger charge is -2.34. The van der Waals surface area contributed by atoms with Gasteiger partial charge in [0.05, 0.1) is 38.8 Å². The molecule has 0 N–H and O–H groups in total. The first kappa shape index (κ1) is 40.1. The Hall–Kier alpha value is -8.96. The predicted octanol–water partition coefficient (Wildman–Crippen LogP) is 14.0. The first-order chi connectivity index (χ1) is 34.8. The average Bonchev–Trinajstić information content (AvgIpc) is 4.08. The van der Waals surface area contributed by atoms with Gasteiger partial charge in [0.25, 0.3) is 0 Å². The second-order valence-electron chi connectivity index (χ2n) is 18.4. The maximum absolute atomic E-state index is 2.79. The van der Waals surface area contributed by atoms with Gasteiger partial charge in [-0.05, 0) is 93.0 Å². The first-order valence-corrected chi connectivity index (χ1v) is 26.2. The second kappa shape index (κ2) is 16.1. The molecule has 0 unspecified atom stereocenters. The lowest BCUT2D eigenvalue weighted by molar-refractivity contribution is 1.17. The fourth-order valence-corrected chi connectivity index (χ4v) is 16.7. The molecular weight excluding hydrogens is 863 g/mol. The van der Waals surface area contributed by atoms with E-state index < -0.39 is 8.07 Å². The van der Waals surface area contributed by atoms with Gasteiger partial charge < -0.3 is 13.7 Å². The highest BCUT2D eigenvalue weighted by Crippen LogP contribution is 2.43. The van der Waals surface area contributed by atoms with E-state index in [1.165, 1.54) is 97.3 Å². The van der Waals surface area contributed by atoms with Crippen molar-refractivity contribution in [1.29, 1.82) is 0 Å². The zero-order chi connectivity index (χ0) is 46.2. The molecule has 0 saturated carbocycles. The van der Waals surface area contributed by atoms with Gasteiger partial charge in [-0.25, -0.2) is 0 Å². The third-order valence-corrected chi connectivity index (χ3v) is 19.5. The number of aromatic nitrogens is 3. The Morgan fingerprint density at radius 1 is 0.257 bits per heavy atom. The van der Waals surface area contributed by atoms with Gasteiger partial charge in [0.2, 0.25) is 0 Å². The van der Waals surface area contributed by atoms with Crippen LogP contribution in [0.4, 0.5) is 0 Å². The van der Waals surface area contributed by atoms with E-state index in [9.17, 15) is 0 Å². The molecule has 0 aliphatic carbocycles. The lowest BCUT2D eigenvalue weighted by atomic mass is 10.00. The van der Waals surface area contributed by atoms with E-state index in [1.54, 1.807) is 0 Å². The molecule has 0 saturated heterocycles. The van der Waals surface area contributed by atoms with Gasteiger partial charge in [-0.3, -0.25) is 0 Å². The predicted molar refractivity (Wildman–Crippen MR) is 299 cm³/mol. The van der Waals surface area contributed by atoms with Crippen molar-refractivity contribution in [2.75, 3.05) is 0 Å². The summed E-state index contributed by atoms with van der Waals surface area (Å²) in [6, 6.07) is 101. The van der Waals surface area contributed by atoms with Gasteiger partial charge in [0, 0.05) is 49.3 Å². The van der Waals surface area contributed by atoms with Crippen LogP contribution in [0.25, 0.3) is 93.6 Å². The highest BCUT2D eigenvalue weighted by Gasteiger charge is 2.41. The summed E-state index contributed by atoms with van der Waals surface area (Å²) in [5.74, 6) is 0. The average molecular weight is 908 g/mol. The van der Waals surface area contributed by atoms with Crippen molar-refractivity contribution >= 4 is 94.2 Å². The second-order valence-corrected chi connectivity index (χ2v) is 22.2. The van der Waals surface area contributed by atoms with Gasteiger partial charge >= 0.3 is 0 Å². The van der Waals surface area contributed by atoms with Crippen LogP contribution in [-0.4, -0.2) is 21.8 Å². The topological polar surface area (TPSA) is 14.8 Å². The molecule has 14 aromatic rings. The minimum Gasteiger partial charge on any atom is -0.309 e. The summed E-state index contributed by atoms with van der Waals surface area (Å²) >= 11 is 0. The minimum absolute atomic E-state index is 1.15. The van der Waals surface area contributed by atoms with E-state index in [2.05, 4.69) is 287 Å². The van der Waals surface area contributed by atoms with Crippen LogP contribution in [0.15, 0.2) is 273 Å². The van der Waals surface area contributed by atoms with Crippen LogP contribution in [0.2, 0.25) is 0 Å². The first-order valence-electron chi connectivity index (χ1n) is 24.2. The van der Waals surface area contributed by atoms with E-state index >= 15 is 0 Å². The summed E-state index contributed by atoms with van der Waals surface area (Å²) in [4.78, 5) is 0. The maximum atomic E-state index is 2.50. The Labute approximate surface area is 407 Å². The summed E-state index contributed by atoms with van der Waals surface area (Å²) in [5, 5.41) is 12.8. The van der Waals surface area contributed by atoms with Gasteiger partial charge in [-0.15, -0.1) is 0 Å². The number of rotatable bonds is 8. The number of hydrogen-bond donors (Lipinski definition) is 0. The molecule has 70 heavy (non-hydrogen) atoms. The maximum Gasteiger partial charge on any atom is 0.179 e. The number of fused-ring (bicyclic) bond motifs is 9. The summed E-state index contributed by atoms with van der Waals surface area (Å²) in [5.41, 5.74) is 13.0. The zero-order valence-corrected chi connectivity index (χ0v) is 39.3. The van der Waals surface area contributed by atoms with Gasteiger partial charge in [0.15, 0.2) is 8.07 Å². The molecule has 3 heterocycles. The van der Waals surface area contributed by atoms with Crippen molar-refractivity contribution in [1.82, 2.24) is 13.7 Å².